The molecule has 1 N–H and O–H groups in total. The Labute approximate surface area is 71.8 Å². The van der Waals surface area contributed by atoms with E-state index in [4.69, 9.17) is 5.21 Å². The van der Waals surface area contributed by atoms with Gasteiger partial charge < -0.3 is 5.21 Å². The Morgan fingerprint density at radius 3 is 2.67 bits per heavy atom. The first-order valence-electron chi connectivity index (χ1n) is 3.72. The summed E-state index contributed by atoms with van der Waals surface area (Å²) >= 11 is 0. The second-order valence-corrected chi connectivity index (χ2v) is 2.57. The molecule has 0 fully saturated rings. The first kappa shape index (κ1) is 8.53. The molecule has 1 aromatic carbocycles. The Morgan fingerprint density at radius 2 is 2.08 bits per heavy atom. The van der Waals surface area contributed by atoms with Gasteiger partial charge in [0.2, 0.25) is 0 Å². The molecule has 0 aliphatic carbocycles. The Hall–Kier alpha value is -1.57. The third-order valence-electron chi connectivity index (χ3n) is 1.51. The van der Waals surface area contributed by atoms with Crippen molar-refractivity contribution in [2.75, 3.05) is 0 Å². The van der Waals surface area contributed by atoms with Crippen molar-refractivity contribution in [1.82, 2.24) is 0 Å². The second-order valence-electron chi connectivity index (χ2n) is 2.57. The van der Waals surface area contributed by atoms with E-state index in [1.807, 2.05) is 30.3 Å². The van der Waals surface area contributed by atoms with Gasteiger partial charge in [-0.2, -0.15) is 0 Å². The van der Waals surface area contributed by atoms with Crippen molar-refractivity contribution in [3.8, 4) is 0 Å². The molecule has 1 rings (SSSR count). The fourth-order valence-electron chi connectivity index (χ4n) is 0.985. The highest BCUT2D eigenvalue weighted by molar-refractivity contribution is 5.77. The van der Waals surface area contributed by atoms with Crippen LogP contribution in [0.25, 0.3) is 0 Å². The topological polar surface area (TPSA) is 32.6 Å². The number of benzene rings is 1. The predicted octanol–water partition coefficient (Wildman–Crippen LogP) is 2.25. The molecule has 0 bridgehead atoms. The zero-order valence-electron chi connectivity index (χ0n) is 6.77. The highest BCUT2D eigenvalue weighted by Gasteiger charge is 1.92. The van der Waals surface area contributed by atoms with Crippen LogP contribution in [0.4, 0.5) is 0 Å². The summed E-state index contributed by atoms with van der Waals surface area (Å²) in [4.78, 5) is 0. The largest absolute Gasteiger partial charge is 0.411 e. The quantitative estimate of drug-likeness (QED) is 0.411. The SMILES string of the molecule is C=C(C=NO)Cc1ccccc1. The van der Waals surface area contributed by atoms with Gasteiger partial charge in [-0.3, -0.25) is 0 Å². The highest BCUT2D eigenvalue weighted by Crippen LogP contribution is 2.03. The molecule has 2 nitrogen and oxygen atoms in total. The van der Waals surface area contributed by atoms with Crippen molar-refractivity contribution in [2.24, 2.45) is 5.16 Å². The Bertz CT molecular complexity index is 277. The summed E-state index contributed by atoms with van der Waals surface area (Å²) in [5.41, 5.74) is 1.96. The Balaban J connectivity index is 2.59. The third kappa shape index (κ3) is 2.58. The molecule has 0 aliphatic heterocycles. The molecule has 0 amide bonds. The summed E-state index contributed by atoms with van der Waals surface area (Å²) in [6.45, 7) is 3.73. The van der Waals surface area contributed by atoms with Gasteiger partial charge in [-0.25, -0.2) is 0 Å². The van der Waals surface area contributed by atoms with Crippen LogP contribution in [0.5, 0.6) is 0 Å². The minimum absolute atomic E-state index is 0.727. The van der Waals surface area contributed by atoms with E-state index in [1.165, 1.54) is 11.8 Å². The first-order valence-corrected chi connectivity index (χ1v) is 3.72. The van der Waals surface area contributed by atoms with Crippen LogP contribution in [0.2, 0.25) is 0 Å². The molecule has 12 heavy (non-hydrogen) atoms. The van der Waals surface area contributed by atoms with E-state index < -0.39 is 0 Å². The van der Waals surface area contributed by atoms with Crippen molar-refractivity contribution in [3.05, 3.63) is 48.0 Å². The number of allylic oxidation sites excluding steroid dienone is 1. The summed E-state index contributed by atoms with van der Waals surface area (Å²) < 4.78 is 0. The van der Waals surface area contributed by atoms with E-state index in [9.17, 15) is 0 Å². The molecule has 0 unspecified atom stereocenters. The number of rotatable bonds is 3. The van der Waals surface area contributed by atoms with Crippen molar-refractivity contribution in [3.63, 3.8) is 0 Å². The standard InChI is InChI=1S/C10H11NO/c1-9(8-11-12)7-10-5-3-2-4-6-10/h2-6,8,12H,1,7H2. The van der Waals surface area contributed by atoms with E-state index in [1.54, 1.807) is 0 Å². The first-order chi connectivity index (χ1) is 5.83. The van der Waals surface area contributed by atoms with Crippen LogP contribution in [-0.2, 0) is 6.42 Å². The molecular weight excluding hydrogens is 150 g/mol. The van der Waals surface area contributed by atoms with Crippen LogP contribution >= 0.6 is 0 Å². The number of nitrogens with zero attached hydrogens (tertiary/aromatic N) is 1. The summed E-state index contributed by atoms with van der Waals surface area (Å²) in [5.74, 6) is 0. The van der Waals surface area contributed by atoms with E-state index in [-0.39, 0.29) is 0 Å². The van der Waals surface area contributed by atoms with Gasteiger partial charge in [-0.1, -0.05) is 42.1 Å². The van der Waals surface area contributed by atoms with Crippen molar-refractivity contribution in [2.45, 2.75) is 6.42 Å². The van der Waals surface area contributed by atoms with Crippen LogP contribution in [0.1, 0.15) is 5.56 Å². The summed E-state index contributed by atoms with van der Waals surface area (Å²) in [7, 11) is 0. The van der Waals surface area contributed by atoms with Gasteiger partial charge in [0.1, 0.15) is 0 Å². The summed E-state index contributed by atoms with van der Waals surface area (Å²) in [6, 6.07) is 9.93. The minimum atomic E-state index is 0.727. The lowest BCUT2D eigenvalue weighted by Gasteiger charge is -1.97. The lowest BCUT2D eigenvalue weighted by atomic mass is 10.1. The number of hydrogen-bond donors (Lipinski definition) is 1. The van der Waals surface area contributed by atoms with Crippen molar-refractivity contribution in [1.29, 1.82) is 0 Å². The zero-order chi connectivity index (χ0) is 8.81. The van der Waals surface area contributed by atoms with Crippen molar-refractivity contribution >= 4 is 6.21 Å². The maximum absolute atomic E-state index is 8.22. The Kier molecular flexibility index (Phi) is 3.08. The fraction of sp³-hybridized carbons (Fsp3) is 0.100. The van der Waals surface area contributed by atoms with Crippen LogP contribution in [0.3, 0.4) is 0 Å². The van der Waals surface area contributed by atoms with Crippen LogP contribution in [0, 0.1) is 0 Å². The molecule has 2 heteroatoms. The normalized spacial score (nSPS) is 10.3. The Morgan fingerprint density at radius 1 is 1.42 bits per heavy atom. The lowest BCUT2D eigenvalue weighted by Crippen LogP contribution is -1.89. The maximum Gasteiger partial charge on any atom is 0.0690 e. The van der Waals surface area contributed by atoms with Gasteiger partial charge in [0.25, 0.3) is 0 Å². The van der Waals surface area contributed by atoms with Gasteiger partial charge in [0.15, 0.2) is 0 Å². The van der Waals surface area contributed by atoms with Gasteiger partial charge >= 0.3 is 0 Å². The molecule has 0 spiro atoms. The predicted molar refractivity (Wildman–Crippen MR) is 49.6 cm³/mol. The van der Waals surface area contributed by atoms with Crippen LogP contribution in [-0.4, -0.2) is 11.4 Å². The molecule has 0 heterocycles. The zero-order valence-corrected chi connectivity index (χ0v) is 6.77. The molecule has 0 saturated heterocycles. The van der Waals surface area contributed by atoms with Crippen LogP contribution < -0.4 is 0 Å². The molecule has 0 radical (unpaired) electrons. The minimum Gasteiger partial charge on any atom is -0.411 e. The van der Waals surface area contributed by atoms with E-state index in [0.717, 1.165) is 12.0 Å². The molecule has 0 atom stereocenters. The summed E-state index contributed by atoms with van der Waals surface area (Å²) in [6.07, 6.45) is 2.08. The van der Waals surface area contributed by atoms with Crippen molar-refractivity contribution < 1.29 is 5.21 Å². The van der Waals surface area contributed by atoms with Gasteiger partial charge in [-0.05, 0) is 17.6 Å². The fourth-order valence-corrected chi connectivity index (χ4v) is 0.985. The molecule has 1 aromatic rings. The number of hydrogen-bond acceptors (Lipinski definition) is 2. The van der Waals surface area contributed by atoms with E-state index in [0.29, 0.717) is 0 Å². The second kappa shape index (κ2) is 4.34. The van der Waals surface area contributed by atoms with Gasteiger partial charge in [0.05, 0.1) is 6.21 Å². The smallest absolute Gasteiger partial charge is 0.0690 e. The van der Waals surface area contributed by atoms with Gasteiger partial charge in [0, 0.05) is 0 Å². The number of oxime groups is 1. The van der Waals surface area contributed by atoms with E-state index >= 15 is 0 Å². The molecule has 0 saturated carbocycles. The summed E-state index contributed by atoms with van der Waals surface area (Å²) in [5, 5.41) is 11.1. The van der Waals surface area contributed by atoms with Gasteiger partial charge in [-0.15, -0.1) is 0 Å². The molecule has 0 aromatic heterocycles. The molecule has 62 valence electrons. The average Bonchev–Trinajstić information content (AvgIpc) is 2.06. The molecule has 0 aliphatic rings. The monoisotopic (exact) mass is 161 g/mol. The molecular formula is C10H11NO. The van der Waals surface area contributed by atoms with Crippen LogP contribution in [0.15, 0.2) is 47.6 Å². The maximum atomic E-state index is 8.22. The highest BCUT2D eigenvalue weighted by atomic mass is 16.4. The van der Waals surface area contributed by atoms with E-state index in [2.05, 4.69) is 11.7 Å². The lowest BCUT2D eigenvalue weighted by molar-refractivity contribution is 0.321. The average molecular weight is 161 g/mol. The third-order valence-corrected chi connectivity index (χ3v) is 1.51.